The predicted octanol–water partition coefficient (Wildman–Crippen LogP) is 2.86. The van der Waals surface area contributed by atoms with Gasteiger partial charge in [0.25, 0.3) is 5.91 Å². The fraction of sp³-hybridized carbons (Fsp3) is 0.600. The SMILES string of the molecule is CC(C)NC(=O)[C@H]1C[C@@H]2CC[C@]1(C)C[C@@]21NC(=O)c2ccccc2O1. The number of hydrogen-bond donors (Lipinski definition) is 2. The Labute approximate surface area is 148 Å². The molecule has 3 aliphatic carbocycles. The molecule has 4 atom stereocenters. The van der Waals surface area contributed by atoms with Gasteiger partial charge in [-0.05, 0) is 50.7 Å². The lowest BCUT2D eigenvalue weighted by molar-refractivity contribution is -0.167. The molecule has 3 saturated carbocycles. The van der Waals surface area contributed by atoms with Gasteiger partial charge in [-0.2, -0.15) is 0 Å². The van der Waals surface area contributed by atoms with Gasteiger partial charge >= 0.3 is 0 Å². The van der Waals surface area contributed by atoms with Crippen molar-refractivity contribution in [2.45, 2.75) is 58.2 Å². The molecule has 4 aliphatic rings. The number of benzene rings is 1. The van der Waals surface area contributed by atoms with E-state index in [4.69, 9.17) is 4.74 Å². The molecule has 0 aromatic heterocycles. The summed E-state index contributed by atoms with van der Waals surface area (Å²) in [6, 6.07) is 7.54. The van der Waals surface area contributed by atoms with Gasteiger partial charge < -0.3 is 15.4 Å². The Morgan fingerprint density at radius 3 is 2.84 bits per heavy atom. The van der Waals surface area contributed by atoms with E-state index in [2.05, 4.69) is 17.6 Å². The van der Waals surface area contributed by atoms with E-state index in [0.29, 0.717) is 17.7 Å². The van der Waals surface area contributed by atoms with Crippen molar-refractivity contribution in [3.8, 4) is 5.75 Å². The highest BCUT2D eigenvalue weighted by Crippen LogP contribution is 2.58. The molecule has 5 nitrogen and oxygen atoms in total. The highest BCUT2D eigenvalue weighted by molar-refractivity contribution is 5.98. The highest BCUT2D eigenvalue weighted by Gasteiger charge is 2.61. The average Bonchev–Trinajstić information content (AvgIpc) is 2.53. The average molecular weight is 342 g/mol. The maximum absolute atomic E-state index is 12.7. The van der Waals surface area contributed by atoms with Crippen LogP contribution in [0.1, 0.15) is 56.8 Å². The summed E-state index contributed by atoms with van der Waals surface area (Å²) in [6.45, 7) is 6.15. The Bertz CT molecular complexity index is 731. The van der Waals surface area contributed by atoms with Gasteiger partial charge in [-0.15, -0.1) is 0 Å². The van der Waals surface area contributed by atoms with E-state index >= 15 is 0 Å². The van der Waals surface area contributed by atoms with Gasteiger partial charge in [-0.3, -0.25) is 9.59 Å². The summed E-state index contributed by atoms with van der Waals surface area (Å²) < 4.78 is 6.38. The van der Waals surface area contributed by atoms with E-state index in [1.807, 2.05) is 32.0 Å². The number of nitrogens with one attached hydrogen (secondary N) is 2. The summed E-state index contributed by atoms with van der Waals surface area (Å²) in [5, 5.41) is 6.22. The maximum Gasteiger partial charge on any atom is 0.258 e. The summed E-state index contributed by atoms with van der Waals surface area (Å²) in [7, 11) is 0. The van der Waals surface area contributed by atoms with E-state index < -0.39 is 5.72 Å². The molecule has 5 heteroatoms. The molecule has 2 amide bonds. The van der Waals surface area contributed by atoms with Crippen LogP contribution in [0.15, 0.2) is 24.3 Å². The first-order valence-corrected chi connectivity index (χ1v) is 9.24. The molecule has 1 heterocycles. The van der Waals surface area contributed by atoms with Gasteiger partial charge in [0, 0.05) is 24.3 Å². The summed E-state index contributed by atoms with van der Waals surface area (Å²) in [6.07, 6.45) is 3.42. The third-order valence-corrected chi connectivity index (χ3v) is 6.25. The monoisotopic (exact) mass is 342 g/mol. The Morgan fingerprint density at radius 1 is 1.36 bits per heavy atom. The number of carbonyl (C=O) groups excluding carboxylic acids is 2. The zero-order valence-electron chi connectivity index (χ0n) is 15.1. The second kappa shape index (κ2) is 5.48. The molecule has 3 fully saturated rings. The minimum atomic E-state index is -0.674. The fourth-order valence-corrected chi connectivity index (χ4v) is 5.04. The third-order valence-electron chi connectivity index (χ3n) is 6.25. The minimum absolute atomic E-state index is 0.0167. The van der Waals surface area contributed by atoms with Crippen LogP contribution >= 0.6 is 0 Å². The molecule has 2 N–H and O–H groups in total. The molecule has 1 aromatic rings. The van der Waals surface area contributed by atoms with Crippen LogP contribution in [0.4, 0.5) is 0 Å². The predicted molar refractivity (Wildman–Crippen MR) is 94.1 cm³/mol. The molecule has 2 bridgehead atoms. The normalized spacial score (nSPS) is 35.9. The number of fused-ring (bicyclic) bond motifs is 3. The van der Waals surface area contributed by atoms with Crippen LogP contribution in [0.25, 0.3) is 0 Å². The van der Waals surface area contributed by atoms with Gasteiger partial charge in [-0.25, -0.2) is 0 Å². The first kappa shape index (κ1) is 16.4. The van der Waals surface area contributed by atoms with Crippen LogP contribution in [-0.2, 0) is 4.79 Å². The Kier molecular flexibility index (Phi) is 3.60. The third kappa shape index (κ3) is 2.52. The molecule has 0 unspecified atom stereocenters. The smallest absolute Gasteiger partial charge is 0.258 e. The lowest BCUT2D eigenvalue weighted by Gasteiger charge is -2.59. The van der Waals surface area contributed by atoms with Gasteiger partial charge in [0.1, 0.15) is 5.75 Å². The second-order valence-corrected chi connectivity index (χ2v) is 8.46. The summed E-state index contributed by atoms with van der Waals surface area (Å²) >= 11 is 0. The second-order valence-electron chi connectivity index (χ2n) is 8.46. The highest BCUT2D eigenvalue weighted by atomic mass is 16.5. The number of ether oxygens (including phenoxy) is 1. The molecule has 1 aromatic carbocycles. The van der Waals surface area contributed by atoms with Crippen molar-refractivity contribution in [3.63, 3.8) is 0 Å². The van der Waals surface area contributed by atoms with E-state index in [1.165, 1.54) is 0 Å². The van der Waals surface area contributed by atoms with Crippen LogP contribution in [0.3, 0.4) is 0 Å². The molecule has 25 heavy (non-hydrogen) atoms. The first-order valence-electron chi connectivity index (χ1n) is 9.24. The van der Waals surface area contributed by atoms with Crippen molar-refractivity contribution in [2.75, 3.05) is 0 Å². The van der Waals surface area contributed by atoms with Crippen molar-refractivity contribution in [1.29, 1.82) is 0 Å². The maximum atomic E-state index is 12.7. The fourth-order valence-electron chi connectivity index (χ4n) is 5.04. The van der Waals surface area contributed by atoms with E-state index in [0.717, 1.165) is 19.3 Å². The topological polar surface area (TPSA) is 67.4 Å². The van der Waals surface area contributed by atoms with Gasteiger partial charge in [0.15, 0.2) is 5.72 Å². The lowest BCUT2D eigenvalue weighted by atomic mass is 9.52. The van der Waals surface area contributed by atoms with Crippen LogP contribution in [-0.4, -0.2) is 23.6 Å². The molecular formula is C20H26N2O3. The van der Waals surface area contributed by atoms with E-state index in [9.17, 15) is 9.59 Å². The van der Waals surface area contributed by atoms with Gasteiger partial charge in [0.2, 0.25) is 5.91 Å². The van der Waals surface area contributed by atoms with Crippen molar-refractivity contribution in [3.05, 3.63) is 29.8 Å². The first-order chi connectivity index (χ1) is 11.8. The molecule has 1 spiro atoms. The number of rotatable bonds is 2. The molecule has 5 rings (SSSR count). The molecule has 1 aliphatic heterocycles. The van der Waals surface area contributed by atoms with Crippen LogP contribution < -0.4 is 15.4 Å². The number of carbonyl (C=O) groups is 2. The van der Waals surface area contributed by atoms with Gasteiger partial charge in [-0.1, -0.05) is 19.1 Å². The number of para-hydroxylation sites is 1. The van der Waals surface area contributed by atoms with Crippen LogP contribution in [0, 0.1) is 17.3 Å². The molecular weight excluding hydrogens is 316 g/mol. The number of amides is 2. The zero-order valence-corrected chi connectivity index (χ0v) is 15.1. The minimum Gasteiger partial charge on any atom is -0.467 e. The Hall–Kier alpha value is -2.04. The summed E-state index contributed by atoms with van der Waals surface area (Å²) in [5.74, 6) is 0.873. The zero-order chi connectivity index (χ0) is 17.8. The standard InChI is InChI=1S/C20H26N2O3/c1-12(2)21-18(24)15-10-13-8-9-19(15,3)11-20(13)22-17(23)14-6-4-5-7-16(14)25-20/h4-7,12-13,15H,8-11H2,1-3H3,(H,21,24)(H,22,23)/t13-,15+,19+,20-/m0/s1. The van der Waals surface area contributed by atoms with Crippen LogP contribution in [0.5, 0.6) is 5.75 Å². The van der Waals surface area contributed by atoms with E-state index in [1.54, 1.807) is 6.07 Å². The molecule has 134 valence electrons. The Morgan fingerprint density at radius 2 is 2.12 bits per heavy atom. The largest absolute Gasteiger partial charge is 0.467 e. The summed E-state index contributed by atoms with van der Waals surface area (Å²) in [4.78, 5) is 25.3. The number of hydrogen-bond acceptors (Lipinski definition) is 3. The van der Waals surface area contributed by atoms with Crippen LogP contribution in [0.2, 0.25) is 0 Å². The van der Waals surface area contributed by atoms with E-state index in [-0.39, 0.29) is 35.1 Å². The quantitative estimate of drug-likeness (QED) is 0.868. The Balaban J connectivity index is 1.64. The van der Waals surface area contributed by atoms with Crippen molar-refractivity contribution in [1.82, 2.24) is 10.6 Å². The van der Waals surface area contributed by atoms with Gasteiger partial charge in [0.05, 0.1) is 5.56 Å². The molecule has 0 saturated heterocycles. The van der Waals surface area contributed by atoms with Crippen molar-refractivity contribution in [2.24, 2.45) is 17.3 Å². The summed E-state index contributed by atoms with van der Waals surface area (Å²) in [5.41, 5.74) is -0.241. The lowest BCUT2D eigenvalue weighted by Crippen LogP contribution is -2.69. The van der Waals surface area contributed by atoms with Crippen molar-refractivity contribution < 1.29 is 14.3 Å². The van der Waals surface area contributed by atoms with Crippen molar-refractivity contribution >= 4 is 11.8 Å². The molecule has 0 radical (unpaired) electrons.